The van der Waals surface area contributed by atoms with Crippen LogP contribution in [0.5, 0.6) is 0 Å². The minimum Gasteiger partial charge on any atom is -0.480 e. The van der Waals surface area contributed by atoms with Crippen molar-refractivity contribution >= 4 is 18.0 Å². The van der Waals surface area contributed by atoms with E-state index in [0.29, 0.717) is 12.8 Å². The normalized spacial score (nSPS) is 13.2. The molecule has 0 aliphatic heterocycles. The van der Waals surface area contributed by atoms with Crippen LogP contribution in [-0.4, -0.2) is 40.3 Å². The summed E-state index contributed by atoms with van der Waals surface area (Å²) in [5.41, 5.74) is -1.95. The van der Waals surface area contributed by atoms with Gasteiger partial charge in [-0.1, -0.05) is 13.3 Å². The first-order valence-electron chi connectivity index (χ1n) is 6.94. The van der Waals surface area contributed by atoms with Crippen LogP contribution in [0.15, 0.2) is 0 Å². The van der Waals surface area contributed by atoms with Gasteiger partial charge in [-0.3, -0.25) is 4.79 Å². The van der Waals surface area contributed by atoms with Crippen molar-refractivity contribution in [3.8, 4) is 0 Å². The summed E-state index contributed by atoms with van der Waals surface area (Å²) < 4.78 is 5.08. The molecule has 1 unspecified atom stereocenters. The molecule has 0 saturated carbocycles. The standard InChI is InChI=1S/C14H26N2O5/c1-7-8-9(10(17)18)15-11(19)14(5,6)16-12(20)21-13(2,3)4/h9H,7-8H2,1-6H3,(H,15,19)(H,16,20)(H,17,18). The van der Waals surface area contributed by atoms with E-state index in [1.54, 1.807) is 20.8 Å². The number of carbonyl (C=O) groups excluding carboxylic acids is 2. The van der Waals surface area contributed by atoms with Crippen LogP contribution in [0.4, 0.5) is 4.79 Å². The Kier molecular flexibility index (Phi) is 6.66. The monoisotopic (exact) mass is 302 g/mol. The molecule has 2 amide bonds. The summed E-state index contributed by atoms with van der Waals surface area (Å²) in [4.78, 5) is 34.8. The Morgan fingerprint density at radius 2 is 1.67 bits per heavy atom. The molecule has 0 bridgehead atoms. The van der Waals surface area contributed by atoms with Crippen molar-refractivity contribution in [2.45, 2.75) is 71.6 Å². The Labute approximate surface area is 125 Å². The third-order valence-corrected chi connectivity index (χ3v) is 2.56. The average molecular weight is 302 g/mol. The van der Waals surface area contributed by atoms with E-state index in [2.05, 4.69) is 10.6 Å². The number of amides is 2. The van der Waals surface area contributed by atoms with Crippen LogP contribution in [0.25, 0.3) is 0 Å². The number of alkyl carbamates (subject to hydrolysis) is 1. The number of carboxylic acids is 1. The Hall–Kier alpha value is -1.79. The highest BCUT2D eigenvalue weighted by atomic mass is 16.6. The maximum absolute atomic E-state index is 12.1. The van der Waals surface area contributed by atoms with Gasteiger partial charge in [0.15, 0.2) is 0 Å². The number of hydrogen-bond donors (Lipinski definition) is 3. The highest BCUT2D eigenvalue weighted by Crippen LogP contribution is 2.10. The van der Waals surface area contributed by atoms with Crippen molar-refractivity contribution in [1.82, 2.24) is 10.6 Å². The van der Waals surface area contributed by atoms with E-state index in [0.717, 1.165) is 0 Å². The molecule has 3 N–H and O–H groups in total. The van der Waals surface area contributed by atoms with Gasteiger partial charge >= 0.3 is 12.1 Å². The lowest BCUT2D eigenvalue weighted by atomic mass is 10.0. The van der Waals surface area contributed by atoms with E-state index in [1.165, 1.54) is 13.8 Å². The number of nitrogens with one attached hydrogen (secondary N) is 2. The van der Waals surface area contributed by atoms with Crippen LogP contribution in [0.1, 0.15) is 54.4 Å². The van der Waals surface area contributed by atoms with E-state index in [4.69, 9.17) is 9.84 Å². The summed E-state index contributed by atoms with van der Waals surface area (Å²) in [6.45, 7) is 9.92. The fourth-order valence-electron chi connectivity index (χ4n) is 1.50. The van der Waals surface area contributed by atoms with E-state index >= 15 is 0 Å². The van der Waals surface area contributed by atoms with Gasteiger partial charge in [0, 0.05) is 0 Å². The van der Waals surface area contributed by atoms with E-state index in [9.17, 15) is 14.4 Å². The van der Waals surface area contributed by atoms with Crippen LogP contribution >= 0.6 is 0 Å². The molecule has 7 heteroatoms. The molecule has 7 nitrogen and oxygen atoms in total. The first-order chi connectivity index (χ1) is 9.39. The lowest BCUT2D eigenvalue weighted by molar-refractivity contribution is -0.142. The van der Waals surface area contributed by atoms with Crippen LogP contribution < -0.4 is 10.6 Å². The molecule has 0 fully saturated rings. The quantitative estimate of drug-likeness (QED) is 0.692. The Morgan fingerprint density at radius 3 is 2.05 bits per heavy atom. The number of carbonyl (C=O) groups is 3. The van der Waals surface area contributed by atoms with Crippen LogP contribution in [0.3, 0.4) is 0 Å². The molecule has 122 valence electrons. The highest BCUT2D eigenvalue weighted by molar-refractivity contribution is 5.92. The highest BCUT2D eigenvalue weighted by Gasteiger charge is 2.33. The van der Waals surface area contributed by atoms with Crippen molar-refractivity contribution in [1.29, 1.82) is 0 Å². The molecule has 0 rings (SSSR count). The Morgan fingerprint density at radius 1 is 1.14 bits per heavy atom. The number of carboxylic acid groups (broad SMARTS) is 1. The van der Waals surface area contributed by atoms with E-state index in [-0.39, 0.29) is 0 Å². The van der Waals surface area contributed by atoms with Crippen molar-refractivity contribution in [3.63, 3.8) is 0 Å². The molecule has 21 heavy (non-hydrogen) atoms. The first-order valence-corrected chi connectivity index (χ1v) is 6.94. The van der Waals surface area contributed by atoms with Gasteiger partial charge in [0.2, 0.25) is 5.91 Å². The molecule has 0 aromatic carbocycles. The largest absolute Gasteiger partial charge is 0.480 e. The van der Waals surface area contributed by atoms with E-state index < -0.39 is 35.2 Å². The minimum absolute atomic E-state index is 0.323. The molecule has 0 radical (unpaired) electrons. The zero-order valence-electron chi connectivity index (χ0n) is 13.6. The molecule has 0 aromatic heterocycles. The maximum atomic E-state index is 12.1. The fourth-order valence-corrected chi connectivity index (χ4v) is 1.50. The molecule has 0 spiro atoms. The van der Waals surface area contributed by atoms with Crippen LogP contribution in [0, 0.1) is 0 Å². The maximum Gasteiger partial charge on any atom is 0.408 e. The van der Waals surface area contributed by atoms with Gasteiger partial charge in [-0.2, -0.15) is 0 Å². The fraction of sp³-hybridized carbons (Fsp3) is 0.786. The van der Waals surface area contributed by atoms with Crippen molar-refractivity contribution in [2.75, 3.05) is 0 Å². The third kappa shape index (κ3) is 7.53. The summed E-state index contributed by atoms with van der Waals surface area (Å²) in [6, 6.07) is -0.970. The van der Waals surface area contributed by atoms with Gasteiger partial charge in [-0.05, 0) is 41.0 Å². The summed E-state index contributed by atoms with van der Waals surface area (Å²) >= 11 is 0. The Balaban J connectivity index is 4.71. The van der Waals surface area contributed by atoms with E-state index in [1.807, 2.05) is 6.92 Å². The van der Waals surface area contributed by atoms with Gasteiger partial charge < -0.3 is 20.5 Å². The predicted octanol–water partition coefficient (Wildman–Crippen LogP) is 1.66. The molecule has 0 aliphatic rings. The lowest BCUT2D eigenvalue weighted by Gasteiger charge is -2.28. The van der Waals surface area contributed by atoms with Crippen molar-refractivity contribution in [3.05, 3.63) is 0 Å². The molecule has 0 aliphatic carbocycles. The Bertz CT molecular complexity index is 399. The second-order valence-electron chi connectivity index (χ2n) is 6.40. The molecule has 0 aromatic rings. The summed E-state index contributed by atoms with van der Waals surface area (Å²) in [5.74, 6) is -1.67. The van der Waals surface area contributed by atoms with Gasteiger partial charge in [-0.25, -0.2) is 9.59 Å². The SMILES string of the molecule is CCCC(NC(=O)C(C)(C)NC(=O)OC(C)(C)C)C(=O)O. The van der Waals surface area contributed by atoms with Gasteiger partial charge in [0.1, 0.15) is 17.2 Å². The van der Waals surface area contributed by atoms with Crippen LogP contribution in [0.2, 0.25) is 0 Å². The number of ether oxygens (including phenoxy) is 1. The van der Waals surface area contributed by atoms with Crippen molar-refractivity contribution in [2.24, 2.45) is 0 Å². The predicted molar refractivity (Wildman–Crippen MR) is 77.9 cm³/mol. The zero-order chi connectivity index (χ0) is 16.8. The van der Waals surface area contributed by atoms with Crippen molar-refractivity contribution < 1.29 is 24.2 Å². The smallest absolute Gasteiger partial charge is 0.408 e. The topological polar surface area (TPSA) is 105 Å². The van der Waals surface area contributed by atoms with Crippen LogP contribution in [-0.2, 0) is 14.3 Å². The summed E-state index contributed by atoms with van der Waals surface area (Å²) in [6.07, 6.45) is 0.214. The zero-order valence-corrected chi connectivity index (χ0v) is 13.6. The number of aliphatic carboxylic acids is 1. The third-order valence-electron chi connectivity index (χ3n) is 2.56. The molecular weight excluding hydrogens is 276 g/mol. The number of hydrogen-bond acceptors (Lipinski definition) is 4. The second kappa shape index (κ2) is 7.28. The number of rotatable bonds is 6. The summed E-state index contributed by atoms with van der Waals surface area (Å²) in [7, 11) is 0. The summed E-state index contributed by atoms with van der Waals surface area (Å²) in [5, 5.41) is 13.9. The lowest BCUT2D eigenvalue weighted by Crippen LogP contribution is -2.58. The average Bonchev–Trinajstić information content (AvgIpc) is 2.24. The molecule has 0 saturated heterocycles. The molecule has 0 heterocycles. The molecule has 1 atom stereocenters. The molecular formula is C14H26N2O5. The van der Waals surface area contributed by atoms with Gasteiger partial charge in [0.25, 0.3) is 0 Å². The first kappa shape index (κ1) is 19.2. The van der Waals surface area contributed by atoms with Gasteiger partial charge in [-0.15, -0.1) is 0 Å². The second-order valence-corrected chi connectivity index (χ2v) is 6.40. The minimum atomic E-state index is -1.27. The van der Waals surface area contributed by atoms with Gasteiger partial charge in [0.05, 0.1) is 0 Å².